The molecule has 0 saturated carbocycles. The molecule has 1 saturated heterocycles. The molecule has 3 heterocycles. The van der Waals surface area contributed by atoms with Crippen LogP contribution < -0.4 is 4.90 Å². The van der Waals surface area contributed by atoms with Crippen LogP contribution in [0.1, 0.15) is 6.42 Å². The van der Waals surface area contributed by atoms with Crippen LogP contribution in [0.15, 0.2) is 43.2 Å². The number of aromatic nitrogens is 2. The summed E-state index contributed by atoms with van der Waals surface area (Å²) in [4.78, 5) is 42.8. The highest BCUT2D eigenvalue weighted by atomic mass is 16.4. The molecule has 1 aliphatic heterocycles. The van der Waals surface area contributed by atoms with E-state index in [2.05, 4.69) is 11.6 Å². The number of nitrogens with zero attached hydrogens (tertiary/aromatic N) is 4. The largest absolute Gasteiger partial charge is 0.481 e. The Morgan fingerprint density at radius 3 is 2.83 bits per heavy atom. The molecule has 0 aromatic carbocycles. The van der Waals surface area contributed by atoms with Crippen LogP contribution in [0.4, 0.5) is 5.82 Å². The lowest BCUT2D eigenvalue weighted by Gasteiger charge is -2.38. The number of anilines is 1. The van der Waals surface area contributed by atoms with E-state index in [0.29, 0.717) is 11.5 Å². The Morgan fingerprint density at radius 2 is 2.17 bits per heavy atom. The molecular weight excluding hydrogens is 312 g/mol. The third kappa shape index (κ3) is 2.73. The fourth-order valence-corrected chi connectivity index (χ4v) is 2.81. The number of carbonyl (C=O) groups is 3. The summed E-state index contributed by atoms with van der Waals surface area (Å²) in [6.07, 6.45) is 4.14. The zero-order chi connectivity index (χ0) is 17.3. The Morgan fingerprint density at radius 1 is 1.38 bits per heavy atom. The molecule has 1 aliphatic rings. The fourth-order valence-electron chi connectivity index (χ4n) is 2.81. The van der Waals surface area contributed by atoms with Gasteiger partial charge in [0.25, 0.3) is 5.91 Å². The minimum atomic E-state index is -1.15. The molecule has 2 amide bonds. The molecule has 0 spiro atoms. The summed E-state index contributed by atoms with van der Waals surface area (Å²) in [5, 5.41) is 9.07. The van der Waals surface area contributed by atoms with Gasteiger partial charge in [-0.2, -0.15) is 0 Å². The number of carboxylic acids is 1. The minimum Gasteiger partial charge on any atom is -0.481 e. The first-order valence-corrected chi connectivity index (χ1v) is 7.41. The van der Waals surface area contributed by atoms with E-state index in [1.54, 1.807) is 16.7 Å². The fraction of sp³-hybridized carbons (Fsp3) is 0.250. The van der Waals surface area contributed by atoms with Gasteiger partial charge in [0.1, 0.15) is 11.7 Å². The first kappa shape index (κ1) is 15.7. The maximum Gasteiger partial charge on any atom is 0.305 e. The predicted octanol–water partition coefficient (Wildman–Crippen LogP) is 0.539. The summed E-state index contributed by atoms with van der Waals surface area (Å²) < 4.78 is 1.77. The highest BCUT2D eigenvalue weighted by molar-refractivity contribution is 6.02. The summed E-state index contributed by atoms with van der Waals surface area (Å²) in [5.74, 6) is -1.62. The van der Waals surface area contributed by atoms with Crippen molar-refractivity contribution in [1.82, 2.24) is 14.3 Å². The summed E-state index contributed by atoms with van der Waals surface area (Å²) in [7, 11) is 0. The molecule has 1 unspecified atom stereocenters. The number of fused-ring (bicyclic) bond motifs is 1. The highest BCUT2D eigenvalue weighted by Gasteiger charge is 2.39. The molecule has 0 aliphatic carbocycles. The average molecular weight is 328 g/mol. The molecule has 0 radical (unpaired) electrons. The number of imidazole rings is 1. The zero-order valence-corrected chi connectivity index (χ0v) is 12.8. The molecule has 3 rings (SSSR count). The zero-order valence-electron chi connectivity index (χ0n) is 12.8. The molecular formula is C16H16N4O4. The van der Waals surface area contributed by atoms with E-state index in [-0.39, 0.29) is 13.1 Å². The Labute approximate surface area is 137 Å². The minimum absolute atomic E-state index is 0.225. The van der Waals surface area contributed by atoms with Crippen LogP contribution in [0.25, 0.3) is 5.65 Å². The number of aliphatic carboxylic acids is 1. The van der Waals surface area contributed by atoms with Gasteiger partial charge >= 0.3 is 5.97 Å². The van der Waals surface area contributed by atoms with E-state index in [9.17, 15) is 14.4 Å². The van der Waals surface area contributed by atoms with Crippen LogP contribution >= 0.6 is 0 Å². The second-order valence-corrected chi connectivity index (χ2v) is 5.40. The van der Waals surface area contributed by atoms with Crippen LogP contribution in [0.2, 0.25) is 0 Å². The van der Waals surface area contributed by atoms with Gasteiger partial charge < -0.3 is 14.4 Å². The van der Waals surface area contributed by atoms with Gasteiger partial charge in [0.2, 0.25) is 5.91 Å². The standard InChI is InChI=1S/C16H16N4O4/c1-2-14(21)19-7-8-20(16(24)11(19)9-15(22)23)13-10-18-6-4-3-5-12(18)17-13/h2-6,10-11H,1,7-9H2,(H,22,23). The molecule has 8 heteroatoms. The summed E-state index contributed by atoms with van der Waals surface area (Å²) in [6.45, 7) is 3.87. The van der Waals surface area contributed by atoms with Crippen molar-refractivity contribution in [2.45, 2.75) is 12.5 Å². The van der Waals surface area contributed by atoms with Crippen molar-refractivity contribution in [3.05, 3.63) is 43.2 Å². The lowest BCUT2D eigenvalue weighted by molar-refractivity contribution is -0.145. The Kier molecular flexibility index (Phi) is 4.03. The summed E-state index contributed by atoms with van der Waals surface area (Å²) in [6, 6.07) is 4.42. The molecule has 2 aromatic heterocycles. The van der Waals surface area contributed by atoms with Crippen LogP contribution in [-0.2, 0) is 14.4 Å². The molecule has 1 atom stereocenters. The van der Waals surface area contributed by atoms with Crippen molar-refractivity contribution >= 4 is 29.2 Å². The summed E-state index contributed by atoms with van der Waals surface area (Å²) in [5.41, 5.74) is 0.680. The number of piperazine rings is 1. The van der Waals surface area contributed by atoms with Crippen molar-refractivity contribution in [2.75, 3.05) is 18.0 Å². The van der Waals surface area contributed by atoms with Gasteiger partial charge in [-0.15, -0.1) is 0 Å². The Bertz CT molecular complexity index is 795. The maximum atomic E-state index is 12.8. The van der Waals surface area contributed by atoms with Crippen molar-refractivity contribution in [3.8, 4) is 0 Å². The number of hydrogen-bond acceptors (Lipinski definition) is 4. The lowest BCUT2D eigenvalue weighted by Crippen LogP contribution is -2.59. The van der Waals surface area contributed by atoms with Crippen LogP contribution in [0, 0.1) is 0 Å². The van der Waals surface area contributed by atoms with Crippen LogP contribution in [0.5, 0.6) is 0 Å². The number of rotatable bonds is 4. The average Bonchev–Trinajstić information content (AvgIpc) is 2.99. The third-order valence-corrected chi connectivity index (χ3v) is 3.95. The lowest BCUT2D eigenvalue weighted by atomic mass is 10.1. The first-order chi connectivity index (χ1) is 11.5. The van der Waals surface area contributed by atoms with Crippen molar-refractivity contribution in [1.29, 1.82) is 0 Å². The Hall–Kier alpha value is -3.16. The second-order valence-electron chi connectivity index (χ2n) is 5.40. The third-order valence-electron chi connectivity index (χ3n) is 3.95. The monoisotopic (exact) mass is 328 g/mol. The number of amides is 2. The van der Waals surface area contributed by atoms with Crippen LogP contribution in [0.3, 0.4) is 0 Å². The van der Waals surface area contributed by atoms with E-state index in [1.165, 1.54) is 9.80 Å². The topological polar surface area (TPSA) is 95.2 Å². The predicted molar refractivity (Wildman–Crippen MR) is 85.5 cm³/mol. The van der Waals surface area contributed by atoms with E-state index in [4.69, 9.17) is 5.11 Å². The maximum absolute atomic E-state index is 12.8. The van der Waals surface area contributed by atoms with Crippen molar-refractivity contribution in [3.63, 3.8) is 0 Å². The van der Waals surface area contributed by atoms with Crippen molar-refractivity contribution < 1.29 is 19.5 Å². The van der Waals surface area contributed by atoms with E-state index in [0.717, 1.165) is 6.08 Å². The molecule has 24 heavy (non-hydrogen) atoms. The van der Waals surface area contributed by atoms with Gasteiger partial charge in [0.05, 0.1) is 12.6 Å². The number of carboxylic acid groups (broad SMARTS) is 1. The molecule has 124 valence electrons. The number of carbonyl (C=O) groups excluding carboxylic acids is 2. The van der Waals surface area contributed by atoms with E-state index < -0.39 is 30.2 Å². The molecule has 1 N–H and O–H groups in total. The Balaban J connectivity index is 1.93. The molecule has 1 fully saturated rings. The normalized spacial score (nSPS) is 18.0. The van der Waals surface area contributed by atoms with Gasteiger partial charge in [-0.05, 0) is 18.2 Å². The first-order valence-electron chi connectivity index (χ1n) is 7.41. The van der Waals surface area contributed by atoms with Crippen molar-refractivity contribution in [2.24, 2.45) is 0 Å². The highest BCUT2D eigenvalue weighted by Crippen LogP contribution is 2.22. The van der Waals surface area contributed by atoms with Gasteiger partial charge in [-0.1, -0.05) is 12.6 Å². The van der Waals surface area contributed by atoms with Gasteiger partial charge in [0, 0.05) is 19.3 Å². The molecule has 8 nitrogen and oxygen atoms in total. The quantitative estimate of drug-likeness (QED) is 0.827. The van der Waals surface area contributed by atoms with E-state index >= 15 is 0 Å². The van der Waals surface area contributed by atoms with Gasteiger partial charge in [-0.3, -0.25) is 19.3 Å². The smallest absolute Gasteiger partial charge is 0.305 e. The summed E-state index contributed by atoms with van der Waals surface area (Å²) >= 11 is 0. The number of hydrogen-bond donors (Lipinski definition) is 1. The van der Waals surface area contributed by atoms with Gasteiger partial charge in [0.15, 0.2) is 5.82 Å². The second kappa shape index (κ2) is 6.15. The van der Waals surface area contributed by atoms with E-state index in [1.807, 2.05) is 18.3 Å². The number of pyridine rings is 1. The van der Waals surface area contributed by atoms with Gasteiger partial charge in [-0.25, -0.2) is 4.98 Å². The SMILES string of the molecule is C=CC(=O)N1CCN(c2cn3ccccc3n2)C(=O)C1CC(=O)O. The van der Waals surface area contributed by atoms with Crippen LogP contribution in [-0.4, -0.2) is 56.3 Å². The molecule has 2 aromatic rings. The molecule has 0 bridgehead atoms.